The van der Waals surface area contributed by atoms with Gasteiger partial charge in [-0.3, -0.25) is 10.1 Å². The van der Waals surface area contributed by atoms with Crippen molar-refractivity contribution in [2.75, 3.05) is 0 Å². The van der Waals surface area contributed by atoms with Gasteiger partial charge in [0.05, 0.1) is 0 Å². The van der Waals surface area contributed by atoms with E-state index < -0.39 is 0 Å². The Kier molecular flexibility index (Phi) is 2.74. The third kappa shape index (κ3) is 2.18. The molecule has 0 aliphatic heterocycles. The minimum atomic E-state index is 0.679. The fraction of sp³-hybridized carbons (Fsp3) is 0.0625. The summed E-state index contributed by atoms with van der Waals surface area (Å²) in [6.45, 7) is 0. The second-order valence-electron chi connectivity index (χ2n) is 4.88. The highest BCUT2D eigenvalue weighted by atomic mass is 15.2. The van der Waals surface area contributed by atoms with Crippen LogP contribution in [0.4, 0.5) is 0 Å². The maximum absolute atomic E-state index is 4.54. The number of para-hydroxylation sites is 1. The van der Waals surface area contributed by atoms with Crippen LogP contribution in [0, 0.1) is 0 Å². The average Bonchev–Trinajstić information content (AvgIpc) is 3.17. The van der Waals surface area contributed by atoms with E-state index in [0.717, 1.165) is 23.3 Å². The summed E-state index contributed by atoms with van der Waals surface area (Å²) in [6, 6.07) is 12.1. The molecule has 5 nitrogen and oxygen atoms in total. The van der Waals surface area contributed by atoms with Crippen molar-refractivity contribution < 1.29 is 0 Å². The lowest BCUT2D eigenvalue weighted by molar-refractivity contribution is 0.977. The first-order valence-corrected chi connectivity index (χ1v) is 6.77. The Bertz CT molecular complexity index is 876. The molecule has 0 fully saturated rings. The standard InChI is InChI=1S/C16H13N5/c1-2-6-14-13(5-1)12(10-18-14)8-15-19-16(21-20-15)11-4-3-7-17-9-11/h1-7,9-10,18H,8H2,(H,19,20,21). The number of nitrogens with one attached hydrogen (secondary N) is 2. The van der Waals surface area contributed by atoms with Gasteiger partial charge in [0.2, 0.25) is 0 Å². The van der Waals surface area contributed by atoms with Gasteiger partial charge in [-0.1, -0.05) is 18.2 Å². The minimum absolute atomic E-state index is 0.679. The normalized spacial score (nSPS) is 11.0. The Morgan fingerprint density at radius 1 is 1.05 bits per heavy atom. The summed E-state index contributed by atoms with van der Waals surface area (Å²) in [6.07, 6.45) is 6.25. The number of hydrogen-bond donors (Lipinski definition) is 2. The first-order chi connectivity index (χ1) is 10.4. The predicted molar refractivity (Wildman–Crippen MR) is 80.7 cm³/mol. The zero-order chi connectivity index (χ0) is 14.1. The van der Waals surface area contributed by atoms with Gasteiger partial charge >= 0.3 is 0 Å². The average molecular weight is 275 g/mol. The zero-order valence-electron chi connectivity index (χ0n) is 11.2. The molecule has 0 saturated carbocycles. The summed E-state index contributed by atoms with van der Waals surface area (Å²) in [4.78, 5) is 11.9. The molecule has 0 radical (unpaired) electrons. The fourth-order valence-corrected chi connectivity index (χ4v) is 2.46. The largest absolute Gasteiger partial charge is 0.361 e. The van der Waals surface area contributed by atoms with Crippen molar-refractivity contribution in [1.82, 2.24) is 25.1 Å². The summed E-state index contributed by atoms with van der Waals surface area (Å²) in [5.41, 5.74) is 3.26. The van der Waals surface area contributed by atoms with Crippen LogP contribution in [0.2, 0.25) is 0 Å². The molecule has 102 valence electrons. The molecule has 0 aliphatic rings. The highest BCUT2D eigenvalue weighted by Crippen LogP contribution is 2.20. The number of benzene rings is 1. The highest BCUT2D eigenvalue weighted by molar-refractivity contribution is 5.83. The van der Waals surface area contributed by atoms with Gasteiger partial charge in [0, 0.05) is 41.5 Å². The van der Waals surface area contributed by atoms with E-state index in [0.29, 0.717) is 5.82 Å². The SMILES string of the molecule is c1cncc(-c2n[nH]c(Cc3c[nH]c4ccccc34)n2)c1. The number of H-pyrrole nitrogens is 2. The van der Waals surface area contributed by atoms with Crippen molar-refractivity contribution >= 4 is 10.9 Å². The lowest BCUT2D eigenvalue weighted by atomic mass is 10.1. The summed E-state index contributed by atoms with van der Waals surface area (Å²) < 4.78 is 0. The van der Waals surface area contributed by atoms with Gasteiger partial charge in [0.1, 0.15) is 5.82 Å². The second-order valence-corrected chi connectivity index (χ2v) is 4.88. The molecule has 0 atom stereocenters. The van der Waals surface area contributed by atoms with Crippen molar-refractivity contribution in [3.8, 4) is 11.4 Å². The summed E-state index contributed by atoms with van der Waals surface area (Å²) in [7, 11) is 0. The maximum Gasteiger partial charge on any atom is 0.182 e. The molecule has 5 heteroatoms. The molecule has 21 heavy (non-hydrogen) atoms. The summed E-state index contributed by atoms with van der Waals surface area (Å²) in [5, 5.41) is 8.48. The van der Waals surface area contributed by atoms with Crippen LogP contribution in [0.1, 0.15) is 11.4 Å². The molecule has 4 rings (SSSR count). The number of hydrogen-bond acceptors (Lipinski definition) is 3. The van der Waals surface area contributed by atoms with Gasteiger partial charge in [-0.2, -0.15) is 5.10 Å². The van der Waals surface area contributed by atoms with Crippen LogP contribution in [0.5, 0.6) is 0 Å². The number of aromatic amines is 2. The third-order valence-corrected chi connectivity index (χ3v) is 3.48. The second kappa shape index (κ2) is 4.86. The Balaban J connectivity index is 1.65. The lowest BCUT2D eigenvalue weighted by Crippen LogP contribution is -1.89. The highest BCUT2D eigenvalue weighted by Gasteiger charge is 2.09. The van der Waals surface area contributed by atoms with E-state index in [4.69, 9.17) is 0 Å². The molecule has 4 aromatic rings. The van der Waals surface area contributed by atoms with Crippen molar-refractivity contribution in [1.29, 1.82) is 0 Å². The van der Waals surface area contributed by atoms with Crippen LogP contribution in [0.25, 0.3) is 22.3 Å². The van der Waals surface area contributed by atoms with Gasteiger partial charge in [0.15, 0.2) is 5.82 Å². The minimum Gasteiger partial charge on any atom is -0.361 e. The van der Waals surface area contributed by atoms with Crippen LogP contribution in [0.3, 0.4) is 0 Å². The van der Waals surface area contributed by atoms with E-state index in [2.05, 4.69) is 37.3 Å². The summed E-state index contributed by atoms with van der Waals surface area (Å²) >= 11 is 0. The van der Waals surface area contributed by atoms with Gasteiger partial charge in [-0.05, 0) is 23.8 Å². The van der Waals surface area contributed by atoms with Crippen LogP contribution >= 0.6 is 0 Å². The smallest absolute Gasteiger partial charge is 0.182 e. The van der Waals surface area contributed by atoms with Crippen LogP contribution in [-0.4, -0.2) is 25.1 Å². The lowest BCUT2D eigenvalue weighted by Gasteiger charge is -1.95. The van der Waals surface area contributed by atoms with E-state index in [1.165, 1.54) is 10.9 Å². The summed E-state index contributed by atoms with van der Waals surface area (Å²) in [5.74, 6) is 1.52. The van der Waals surface area contributed by atoms with E-state index >= 15 is 0 Å². The van der Waals surface area contributed by atoms with Crippen molar-refractivity contribution in [2.45, 2.75) is 6.42 Å². The number of nitrogens with zero attached hydrogens (tertiary/aromatic N) is 3. The maximum atomic E-state index is 4.54. The monoisotopic (exact) mass is 275 g/mol. The number of aromatic nitrogens is 5. The van der Waals surface area contributed by atoms with Gasteiger partial charge in [-0.15, -0.1) is 0 Å². The molecular weight excluding hydrogens is 262 g/mol. The number of fused-ring (bicyclic) bond motifs is 1. The Morgan fingerprint density at radius 3 is 2.90 bits per heavy atom. The Morgan fingerprint density at radius 2 is 2.00 bits per heavy atom. The third-order valence-electron chi connectivity index (χ3n) is 3.48. The molecule has 3 aromatic heterocycles. The Hall–Kier alpha value is -2.95. The van der Waals surface area contributed by atoms with E-state index in [1.54, 1.807) is 12.4 Å². The van der Waals surface area contributed by atoms with Crippen molar-refractivity contribution in [3.05, 3.63) is 66.4 Å². The van der Waals surface area contributed by atoms with Gasteiger partial charge in [0.25, 0.3) is 0 Å². The molecule has 0 spiro atoms. The van der Waals surface area contributed by atoms with E-state index in [9.17, 15) is 0 Å². The molecule has 0 bridgehead atoms. The topological polar surface area (TPSA) is 70.2 Å². The Labute approximate surface area is 121 Å². The molecule has 3 heterocycles. The predicted octanol–water partition coefficient (Wildman–Crippen LogP) is 2.94. The molecule has 2 N–H and O–H groups in total. The molecule has 0 unspecified atom stereocenters. The fourth-order valence-electron chi connectivity index (χ4n) is 2.46. The van der Waals surface area contributed by atoms with Crippen LogP contribution in [0.15, 0.2) is 55.0 Å². The van der Waals surface area contributed by atoms with Gasteiger partial charge in [-0.25, -0.2) is 4.98 Å². The molecule has 0 amide bonds. The zero-order valence-corrected chi connectivity index (χ0v) is 11.2. The van der Waals surface area contributed by atoms with Crippen molar-refractivity contribution in [2.24, 2.45) is 0 Å². The van der Waals surface area contributed by atoms with Crippen molar-refractivity contribution in [3.63, 3.8) is 0 Å². The molecular formula is C16H13N5. The van der Waals surface area contributed by atoms with E-state index in [1.807, 2.05) is 30.5 Å². The number of rotatable bonds is 3. The van der Waals surface area contributed by atoms with Gasteiger partial charge < -0.3 is 4.98 Å². The van der Waals surface area contributed by atoms with E-state index in [-0.39, 0.29) is 0 Å². The quantitative estimate of drug-likeness (QED) is 0.604. The molecule has 0 saturated heterocycles. The molecule has 1 aromatic carbocycles. The van der Waals surface area contributed by atoms with Crippen LogP contribution in [-0.2, 0) is 6.42 Å². The first kappa shape index (κ1) is 11.8. The van der Waals surface area contributed by atoms with Crippen LogP contribution < -0.4 is 0 Å². The first-order valence-electron chi connectivity index (χ1n) is 6.77. The molecule has 0 aliphatic carbocycles. The number of pyridine rings is 1.